The highest BCUT2D eigenvalue weighted by Crippen LogP contribution is 2.28. The number of nitrogens with zero attached hydrogens (tertiary/aromatic N) is 2. The second kappa shape index (κ2) is 5.63. The van der Waals surface area contributed by atoms with E-state index in [1.165, 1.54) is 5.56 Å². The lowest BCUT2D eigenvalue weighted by atomic mass is 10.1. The number of aromatic nitrogens is 1. The fourth-order valence-corrected chi connectivity index (χ4v) is 2.78. The Hall–Kier alpha value is -1.87. The molecule has 102 valence electrons. The molecule has 4 heteroatoms. The number of benzene rings is 1. The molecule has 20 heavy (non-hydrogen) atoms. The summed E-state index contributed by atoms with van der Waals surface area (Å²) in [6.45, 7) is 0.540. The number of hydrogen-bond acceptors (Lipinski definition) is 2. The van der Waals surface area contributed by atoms with Crippen LogP contribution in [0.3, 0.4) is 0 Å². The Balaban J connectivity index is 1.96. The van der Waals surface area contributed by atoms with Crippen molar-refractivity contribution < 1.29 is 4.79 Å². The Morgan fingerprint density at radius 1 is 1.20 bits per heavy atom. The highest BCUT2D eigenvalue weighted by atomic mass is 35.5. The molecule has 2 heterocycles. The summed E-state index contributed by atoms with van der Waals surface area (Å²) in [7, 11) is 0. The first-order valence-corrected chi connectivity index (χ1v) is 7.10. The van der Waals surface area contributed by atoms with Gasteiger partial charge in [-0.2, -0.15) is 0 Å². The van der Waals surface area contributed by atoms with Gasteiger partial charge in [0, 0.05) is 18.3 Å². The maximum absolute atomic E-state index is 12.3. The third-order valence-corrected chi connectivity index (χ3v) is 3.76. The van der Waals surface area contributed by atoms with Gasteiger partial charge in [-0.05, 0) is 42.2 Å². The van der Waals surface area contributed by atoms with Crippen molar-refractivity contribution in [2.75, 3.05) is 4.90 Å². The number of fused-ring (bicyclic) bond motifs is 1. The molecule has 2 aromatic rings. The third-order valence-electron chi connectivity index (χ3n) is 3.55. The molecule has 1 aliphatic heterocycles. The summed E-state index contributed by atoms with van der Waals surface area (Å²) in [6, 6.07) is 11.8. The van der Waals surface area contributed by atoms with Crippen LogP contribution in [-0.4, -0.2) is 10.9 Å². The molecule has 0 spiro atoms. The lowest BCUT2D eigenvalue weighted by molar-refractivity contribution is -0.118. The van der Waals surface area contributed by atoms with E-state index in [9.17, 15) is 4.79 Å². The van der Waals surface area contributed by atoms with Crippen molar-refractivity contribution in [1.29, 1.82) is 0 Å². The van der Waals surface area contributed by atoms with Crippen LogP contribution >= 0.6 is 11.6 Å². The zero-order valence-corrected chi connectivity index (χ0v) is 11.8. The van der Waals surface area contributed by atoms with Crippen LogP contribution < -0.4 is 4.90 Å². The minimum Gasteiger partial charge on any atom is -0.308 e. The van der Waals surface area contributed by atoms with Gasteiger partial charge in [0.15, 0.2) is 0 Å². The smallest absolute Gasteiger partial charge is 0.227 e. The molecule has 0 atom stereocenters. The van der Waals surface area contributed by atoms with Gasteiger partial charge in [-0.25, -0.2) is 4.98 Å². The van der Waals surface area contributed by atoms with Crippen LogP contribution in [0.4, 0.5) is 5.69 Å². The van der Waals surface area contributed by atoms with Crippen LogP contribution in [0.15, 0.2) is 42.6 Å². The van der Waals surface area contributed by atoms with Crippen LogP contribution in [0.1, 0.15) is 24.0 Å². The highest BCUT2D eigenvalue weighted by Gasteiger charge is 2.21. The van der Waals surface area contributed by atoms with Gasteiger partial charge >= 0.3 is 0 Å². The van der Waals surface area contributed by atoms with E-state index in [1.807, 2.05) is 35.2 Å². The van der Waals surface area contributed by atoms with Gasteiger partial charge in [0.2, 0.25) is 5.91 Å². The fourth-order valence-electron chi connectivity index (χ4n) is 2.58. The largest absolute Gasteiger partial charge is 0.308 e. The zero-order valence-electron chi connectivity index (χ0n) is 11.1. The van der Waals surface area contributed by atoms with E-state index in [-0.39, 0.29) is 5.91 Å². The third kappa shape index (κ3) is 2.68. The number of carbonyl (C=O) groups is 1. The molecule has 1 aliphatic rings. The average Bonchev–Trinajstić information content (AvgIpc) is 2.59. The lowest BCUT2D eigenvalue weighted by Crippen LogP contribution is -2.29. The molecule has 0 N–H and O–H groups in total. The Bertz CT molecular complexity index is 642. The fraction of sp³-hybridized carbons (Fsp3) is 0.250. The topological polar surface area (TPSA) is 33.2 Å². The molecule has 0 saturated carbocycles. The van der Waals surface area contributed by atoms with Crippen molar-refractivity contribution in [3.05, 3.63) is 58.9 Å². The van der Waals surface area contributed by atoms with Crippen LogP contribution in [0.2, 0.25) is 5.15 Å². The van der Waals surface area contributed by atoms with E-state index >= 15 is 0 Å². The highest BCUT2D eigenvalue weighted by molar-refractivity contribution is 6.29. The predicted octanol–water partition coefficient (Wildman–Crippen LogP) is 3.60. The van der Waals surface area contributed by atoms with Crippen molar-refractivity contribution in [2.45, 2.75) is 25.8 Å². The number of amides is 1. The molecule has 0 unspecified atom stereocenters. The van der Waals surface area contributed by atoms with Gasteiger partial charge < -0.3 is 4.90 Å². The normalized spacial score (nSPS) is 14.8. The van der Waals surface area contributed by atoms with Crippen molar-refractivity contribution in [1.82, 2.24) is 4.98 Å². The molecule has 0 fully saturated rings. The molecular formula is C16H15ClN2O. The van der Waals surface area contributed by atoms with Crippen LogP contribution in [0.5, 0.6) is 0 Å². The molecule has 1 aromatic carbocycles. The summed E-state index contributed by atoms with van der Waals surface area (Å²) in [5, 5.41) is 0.457. The zero-order chi connectivity index (χ0) is 13.9. The molecule has 0 saturated heterocycles. The summed E-state index contributed by atoms with van der Waals surface area (Å²) in [4.78, 5) is 18.2. The van der Waals surface area contributed by atoms with Crippen molar-refractivity contribution in [3.63, 3.8) is 0 Å². The summed E-state index contributed by atoms with van der Waals surface area (Å²) < 4.78 is 0. The van der Waals surface area contributed by atoms with E-state index in [0.29, 0.717) is 18.1 Å². The Labute approximate surface area is 123 Å². The first kappa shape index (κ1) is 13.1. The quantitative estimate of drug-likeness (QED) is 0.790. The molecular weight excluding hydrogens is 272 g/mol. The van der Waals surface area contributed by atoms with Crippen molar-refractivity contribution >= 4 is 23.2 Å². The van der Waals surface area contributed by atoms with E-state index in [0.717, 1.165) is 24.1 Å². The lowest BCUT2D eigenvalue weighted by Gasteiger charge is -2.23. The van der Waals surface area contributed by atoms with Gasteiger partial charge in [-0.15, -0.1) is 0 Å². The van der Waals surface area contributed by atoms with E-state index in [4.69, 9.17) is 11.6 Å². The Kier molecular flexibility index (Phi) is 3.70. The molecule has 0 bridgehead atoms. The number of para-hydroxylation sites is 1. The molecule has 3 rings (SSSR count). The van der Waals surface area contributed by atoms with Gasteiger partial charge in [0.05, 0.1) is 6.54 Å². The molecule has 1 aromatic heterocycles. The van der Waals surface area contributed by atoms with Gasteiger partial charge in [-0.3, -0.25) is 4.79 Å². The first-order valence-electron chi connectivity index (χ1n) is 6.73. The standard InChI is InChI=1S/C16H15ClN2O/c17-15-10-12(8-9-18-15)11-19-14-6-2-1-4-13(14)5-3-7-16(19)20/h1-2,4,6,8-10H,3,5,7,11H2. The number of anilines is 1. The molecule has 0 radical (unpaired) electrons. The van der Waals surface area contributed by atoms with Crippen molar-refractivity contribution in [2.24, 2.45) is 0 Å². The van der Waals surface area contributed by atoms with E-state index in [1.54, 1.807) is 6.20 Å². The maximum Gasteiger partial charge on any atom is 0.227 e. The van der Waals surface area contributed by atoms with Crippen LogP contribution in [0, 0.1) is 0 Å². The minimum atomic E-state index is 0.169. The SMILES string of the molecule is O=C1CCCc2ccccc2N1Cc1ccnc(Cl)c1. The average molecular weight is 287 g/mol. The number of carbonyl (C=O) groups excluding carboxylic acids is 1. The maximum atomic E-state index is 12.3. The number of aryl methyl sites for hydroxylation is 1. The number of pyridine rings is 1. The second-order valence-corrected chi connectivity index (χ2v) is 5.34. The predicted molar refractivity (Wildman–Crippen MR) is 79.8 cm³/mol. The minimum absolute atomic E-state index is 0.169. The molecule has 1 amide bonds. The Morgan fingerprint density at radius 2 is 2.05 bits per heavy atom. The van der Waals surface area contributed by atoms with E-state index in [2.05, 4.69) is 11.1 Å². The number of hydrogen-bond donors (Lipinski definition) is 0. The van der Waals surface area contributed by atoms with Gasteiger partial charge in [-0.1, -0.05) is 29.8 Å². The van der Waals surface area contributed by atoms with Gasteiger partial charge in [0.25, 0.3) is 0 Å². The van der Waals surface area contributed by atoms with Gasteiger partial charge in [0.1, 0.15) is 5.15 Å². The monoisotopic (exact) mass is 286 g/mol. The van der Waals surface area contributed by atoms with Crippen LogP contribution in [0.25, 0.3) is 0 Å². The summed E-state index contributed by atoms with van der Waals surface area (Å²) in [5.74, 6) is 0.169. The number of rotatable bonds is 2. The first-order chi connectivity index (χ1) is 9.74. The van der Waals surface area contributed by atoms with Crippen molar-refractivity contribution in [3.8, 4) is 0 Å². The summed E-state index contributed by atoms with van der Waals surface area (Å²) in [5.41, 5.74) is 3.25. The van der Waals surface area contributed by atoms with E-state index < -0.39 is 0 Å². The Morgan fingerprint density at radius 3 is 2.90 bits per heavy atom. The molecule has 3 nitrogen and oxygen atoms in total. The number of halogens is 1. The second-order valence-electron chi connectivity index (χ2n) is 4.95. The van der Waals surface area contributed by atoms with Crippen LogP contribution in [-0.2, 0) is 17.8 Å². The molecule has 0 aliphatic carbocycles. The summed E-state index contributed by atoms with van der Waals surface area (Å²) in [6.07, 6.45) is 4.12. The summed E-state index contributed by atoms with van der Waals surface area (Å²) >= 11 is 5.92.